The Bertz CT molecular complexity index is 645. The van der Waals surface area contributed by atoms with Gasteiger partial charge in [0.2, 0.25) is 5.91 Å². The van der Waals surface area contributed by atoms with Gasteiger partial charge in [-0.3, -0.25) is 14.8 Å². The van der Waals surface area contributed by atoms with Gasteiger partial charge in [-0.05, 0) is 6.92 Å². The highest BCUT2D eigenvalue weighted by molar-refractivity contribution is 7.99. The fourth-order valence-corrected chi connectivity index (χ4v) is 3.42. The van der Waals surface area contributed by atoms with Crippen LogP contribution in [0.2, 0.25) is 0 Å². The lowest BCUT2D eigenvalue weighted by Crippen LogP contribution is -2.46. The molecule has 0 aliphatic carbocycles. The third kappa shape index (κ3) is 3.17. The quantitative estimate of drug-likeness (QED) is 0.884. The van der Waals surface area contributed by atoms with E-state index in [1.165, 1.54) is 0 Å². The molecule has 1 saturated heterocycles. The fraction of sp³-hybridized carbons (Fsp3) is 0.500. The summed E-state index contributed by atoms with van der Waals surface area (Å²) in [4.78, 5) is 18.8. The molecule has 0 bridgehead atoms. The van der Waals surface area contributed by atoms with E-state index in [-0.39, 0.29) is 11.9 Å². The lowest BCUT2D eigenvalue weighted by atomic mass is 10.2. The first-order valence-electron chi connectivity index (χ1n) is 7.31. The number of nitrogens with one attached hydrogen (secondary N) is 2. The molecule has 1 atom stereocenters. The van der Waals surface area contributed by atoms with Crippen molar-refractivity contribution in [2.24, 2.45) is 7.05 Å². The van der Waals surface area contributed by atoms with Crippen molar-refractivity contribution in [1.29, 1.82) is 0 Å². The Morgan fingerprint density at radius 3 is 2.91 bits per heavy atom. The highest BCUT2D eigenvalue weighted by atomic mass is 32.2. The second-order valence-corrected chi connectivity index (χ2v) is 6.57. The zero-order chi connectivity index (χ0) is 15.5. The number of carbonyl (C=O) groups excluding carboxylic acids is 1. The van der Waals surface area contributed by atoms with Crippen LogP contribution in [0.4, 0.5) is 5.82 Å². The minimum atomic E-state index is -0.144. The average Bonchev–Trinajstić information content (AvgIpc) is 3.16. The van der Waals surface area contributed by atoms with Crippen LogP contribution in [0.15, 0.2) is 18.5 Å². The Hall–Kier alpha value is -1.80. The van der Waals surface area contributed by atoms with Gasteiger partial charge in [0, 0.05) is 50.1 Å². The van der Waals surface area contributed by atoms with Gasteiger partial charge in [-0.25, -0.2) is 4.98 Å². The predicted octanol–water partition coefficient (Wildman–Crippen LogP) is 1.19. The number of nitrogens with zero attached hydrogens (tertiary/aromatic N) is 4. The van der Waals surface area contributed by atoms with Gasteiger partial charge in [0.25, 0.3) is 0 Å². The first-order valence-corrected chi connectivity index (χ1v) is 8.46. The van der Waals surface area contributed by atoms with Crippen LogP contribution in [0.5, 0.6) is 0 Å². The van der Waals surface area contributed by atoms with E-state index in [1.54, 1.807) is 12.3 Å². The molecule has 1 amide bonds. The number of amides is 1. The number of H-pyrrole nitrogens is 1. The molecule has 2 aromatic heterocycles. The maximum absolute atomic E-state index is 12.3. The van der Waals surface area contributed by atoms with Crippen LogP contribution in [0, 0.1) is 0 Å². The molecule has 1 aliphatic rings. The summed E-state index contributed by atoms with van der Waals surface area (Å²) in [5.41, 5.74) is 0.782. The summed E-state index contributed by atoms with van der Waals surface area (Å²) < 4.78 is 1.90. The number of aryl methyl sites for hydroxylation is 1. The molecule has 0 aromatic carbocycles. The van der Waals surface area contributed by atoms with E-state index in [0.717, 1.165) is 36.1 Å². The maximum atomic E-state index is 12.3. The third-order valence-corrected chi connectivity index (χ3v) is 4.81. The zero-order valence-electron chi connectivity index (χ0n) is 12.7. The Balaban J connectivity index is 1.64. The van der Waals surface area contributed by atoms with Gasteiger partial charge in [0.1, 0.15) is 5.69 Å². The summed E-state index contributed by atoms with van der Waals surface area (Å²) in [5, 5.41) is 9.93. The predicted molar refractivity (Wildman–Crippen MR) is 87.8 cm³/mol. The summed E-state index contributed by atoms with van der Waals surface area (Å²) in [6.07, 6.45) is 3.59. The molecule has 2 aromatic rings. The van der Waals surface area contributed by atoms with Crippen molar-refractivity contribution < 1.29 is 4.79 Å². The normalized spacial score (nSPS) is 17.4. The largest absolute Gasteiger partial charge is 0.333 e. The lowest BCUT2D eigenvalue weighted by molar-refractivity contribution is -0.120. The monoisotopic (exact) mass is 320 g/mol. The van der Waals surface area contributed by atoms with Crippen molar-refractivity contribution in [3.05, 3.63) is 18.5 Å². The highest BCUT2D eigenvalue weighted by Gasteiger charge is 2.23. The molecule has 0 radical (unpaired) electrons. The minimum absolute atomic E-state index is 0.0233. The van der Waals surface area contributed by atoms with Crippen molar-refractivity contribution in [1.82, 2.24) is 24.6 Å². The summed E-state index contributed by atoms with van der Waals surface area (Å²) >= 11 is 1.93. The maximum Gasteiger partial charge on any atom is 0.242 e. The molecule has 0 saturated carbocycles. The molecule has 3 heterocycles. The molecule has 118 valence electrons. The van der Waals surface area contributed by atoms with E-state index in [9.17, 15) is 4.79 Å². The number of carbonyl (C=O) groups is 1. The number of hydrogen-bond acceptors (Lipinski definition) is 5. The van der Waals surface area contributed by atoms with Gasteiger partial charge < -0.3 is 9.88 Å². The average molecular weight is 320 g/mol. The van der Waals surface area contributed by atoms with Crippen LogP contribution < -0.4 is 5.32 Å². The Labute approximate surface area is 133 Å². The van der Waals surface area contributed by atoms with Crippen LogP contribution in [0.3, 0.4) is 0 Å². The summed E-state index contributed by atoms with van der Waals surface area (Å²) in [7, 11) is 1.91. The molecule has 1 fully saturated rings. The molecule has 22 heavy (non-hydrogen) atoms. The van der Waals surface area contributed by atoms with E-state index in [4.69, 9.17) is 0 Å². The van der Waals surface area contributed by atoms with Crippen molar-refractivity contribution in [2.45, 2.75) is 13.0 Å². The lowest BCUT2D eigenvalue weighted by Gasteiger charge is -2.30. The molecule has 0 spiro atoms. The van der Waals surface area contributed by atoms with E-state index in [1.807, 2.05) is 36.5 Å². The Morgan fingerprint density at radius 1 is 1.45 bits per heavy atom. The molecule has 7 nitrogen and oxygen atoms in total. The van der Waals surface area contributed by atoms with Gasteiger partial charge >= 0.3 is 0 Å². The van der Waals surface area contributed by atoms with Gasteiger partial charge in [-0.15, -0.1) is 0 Å². The van der Waals surface area contributed by atoms with Gasteiger partial charge in [0.05, 0.1) is 6.04 Å². The Morgan fingerprint density at radius 2 is 2.23 bits per heavy atom. The van der Waals surface area contributed by atoms with Gasteiger partial charge in [-0.2, -0.15) is 16.9 Å². The number of thioether (sulfide) groups is 1. The second kappa shape index (κ2) is 6.53. The van der Waals surface area contributed by atoms with Gasteiger partial charge in [0.15, 0.2) is 11.6 Å². The van der Waals surface area contributed by atoms with Gasteiger partial charge in [-0.1, -0.05) is 0 Å². The van der Waals surface area contributed by atoms with Crippen molar-refractivity contribution in [2.75, 3.05) is 29.9 Å². The van der Waals surface area contributed by atoms with Crippen LogP contribution in [-0.2, 0) is 11.8 Å². The van der Waals surface area contributed by atoms with E-state index in [0.29, 0.717) is 5.82 Å². The molecule has 3 rings (SSSR count). The smallest absolute Gasteiger partial charge is 0.242 e. The SMILES string of the molecule is CC(C(=O)Nc1cc(-c2nccn2C)[nH]n1)N1CCSCC1. The van der Waals surface area contributed by atoms with Crippen LogP contribution in [-0.4, -0.2) is 61.2 Å². The topological polar surface area (TPSA) is 78.8 Å². The highest BCUT2D eigenvalue weighted by Crippen LogP contribution is 2.18. The third-order valence-electron chi connectivity index (χ3n) is 3.86. The minimum Gasteiger partial charge on any atom is -0.333 e. The second-order valence-electron chi connectivity index (χ2n) is 5.34. The van der Waals surface area contributed by atoms with Crippen LogP contribution in [0.25, 0.3) is 11.5 Å². The number of imidazole rings is 1. The van der Waals surface area contributed by atoms with Crippen molar-refractivity contribution in [3.63, 3.8) is 0 Å². The standard InChI is InChI=1S/C14H20N6OS/c1-10(20-5-7-22-8-6-20)14(21)16-12-9-11(17-18-12)13-15-3-4-19(13)2/h3-4,9-10H,5-8H2,1-2H3,(H2,16,17,18,21). The van der Waals surface area contributed by atoms with E-state index in [2.05, 4.69) is 25.4 Å². The number of aromatic nitrogens is 4. The van der Waals surface area contributed by atoms with Crippen LogP contribution in [0.1, 0.15) is 6.92 Å². The number of aromatic amines is 1. The van der Waals surface area contributed by atoms with Crippen molar-refractivity contribution in [3.8, 4) is 11.5 Å². The molecule has 1 aliphatic heterocycles. The zero-order valence-corrected chi connectivity index (χ0v) is 13.6. The summed E-state index contributed by atoms with van der Waals surface area (Å²) in [5.74, 6) is 3.47. The van der Waals surface area contributed by atoms with E-state index >= 15 is 0 Å². The molecule has 8 heteroatoms. The number of anilines is 1. The first-order chi connectivity index (χ1) is 10.6. The van der Waals surface area contributed by atoms with Crippen LogP contribution >= 0.6 is 11.8 Å². The molecular formula is C14H20N6OS. The molecular weight excluding hydrogens is 300 g/mol. The molecule has 2 N–H and O–H groups in total. The Kier molecular flexibility index (Phi) is 4.49. The summed E-state index contributed by atoms with van der Waals surface area (Å²) in [6, 6.07) is 1.66. The fourth-order valence-electron chi connectivity index (χ4n) is 2.49. The number of hydrogen-bond donors (Lipinski definition) is 2. The van der Waals surface area contributed by atoms with Crippen molar-refractivity contribution >= 4 is 23.5 Å². The number of rotatable bonds is 4. The first kappa shape index (κ1) is 15.1. The molecule has 1 unspecified atom stereocenters. The van der Waals surface area contributed by atoms with E-state index < -0.39 is 0 Å². The summed E-state index contributed by atoms with van der Waals surface area (Å²) in [6.45, 7) is 3.86.